The SMILES string of the molecule is COc1ccc(C(=O)N(CCN2CCOCC2)c2nc3c(SC)cccc3s2)cc1OC.Cl. The highest BCUT2D eigenvalue weighted by Gasteiger charge is 2.24. The molecule has 2 heterocycles. The lowest BCUT2D eigenvalue weighted by atomic mass is 10.1. The summed E-state index contributed by atoms with van der Waals surface area (Å²) in [6.07, 6.45) is 2.04. The normalized spacial score (nSPS) is 14.0. The van der Waals surface area contributed by atoms with E-state index in [1.807, 2.05) is 12.3 Å². The number of benzene rings is 2. The first kappa shape index (κ1) is 25.6. The van der Waals surface area contributed by atoms with Crippen molar-refractivity contribution >= 4 is 56.8 Å². The van der Waals surface area contributed by atoms with Crippen molar-refractivity contribution in [2.24, 2.45) is 0 Å². The number of anilines is 1. The molecule has 2 aromatic carbocycles. The van der Waals surface area contributed by atoms with Crippen LogP contribution in [0.5, 0.6) is 11.5 Å². The number of hydrogen-bond donors (Lipinski definition) is 0. The first-order valence-corrected chi connectivity index (χ1v) is 12.5. The summed E-state index contributed by atoms with van der Waals surface area (Å²) in [7, 11) is 3.15. The molecule has 0 atom stereocenters. The number of carbonyl (C=O) groups excluding carboxylic acids is 1. The average molecular weight is 510 g/mol. The van der Waals surface area contributed by atoms with Gasteiger partial charge in [0.15, 0.2) is 16.6 Å². The van der Waals surface area contributed by atoms with Gasteiger partial charge in [0, 0.05) is 36.6 Å². The molecule has 0 aliphatic carbocycles. The number of thiazole rings is 1. The van der Waals surface area contributed by atoms with Crippen LogP contribution in [0.2, 0.25) is 0 Å². The van der Waals surface area contributed by atoms with E-state index >= 15 is 0 Å². The van der Waals surface area contributed by atoms with E-state index in [0.717, 1.165) is 48.0 Å². The van der Waals surface area contributed by atoms with Crippen LogP contribution < -0.4 is 14.4 Å². The molecular formula is C23H28ClN3O4S2. The third-order valence-corrected chi connectivity index (χ3v) is 7.25. The van der Waals surface area contributed by atoms with E-state index in [2.05, 4.69) is 17.0 Å². The fourth-order valence-corrected chi connectivity index (χ4v) is 5.31. The molecule has 0 N–H and O–H groups in total. The predicted molar refractivity (Wildman–Crippen MR) is 137 cm³/mol. The third kappa shape index (κ3) is 5.73. The highest BCUT2D eigenvalue weighted by atomic mass is 35.5. The Labute approximate surface area is 208 Å². The zero-order valence-electron chi connectivity index (χ0n) is 18.9. The van der Waals surface area contributed by atoms with Gasteiger partial charge in [0.05, 0.1) is 37.6 Å². The molecule has 1 aliphatic heterocycles. The number of rotatable bonds is 8. The second kappa shape index (κ2) is 11.9. The maximum absolute atomic E-state index is 13.7. The number of carbonyl (C=O) groups is 1. The minimum Gasteiger partial charge on any atom is -0.493 e. The van der Waals surface area contributed by atoms with Gasteiger partial charge in [-0.2, -0.15) is 0 Å². The molecular weight excluding hydrogens is 482 g/mol. The molecule has 1 aromatic heterocycles. The summed E-state index contributed by atoms with van der Waals surface area (Å²) in [5.41, 5.74) is 1.48. The van der Waals surface area contributed by atoms with E-state index in [4.69, 9.17) is 19.2 Å². The number of aromatic nitrogens is 1. The van der Waals surface area contributed by atoms with Crippen LogP contribution in [0.4, 0.5) is 5.13 Å². The summed E-state index contributed by atoms with van der Waals surface area (Å²) < 4.78 is 17.3. The number of fused-ring (bicyclic) bond motifs is 1. The van der Waals surface area contributed by atoms with Crippen LogP contribution in [0, 0.1) is 0 Å². The lowest BCUT2D eigenvalue weighted by molar-refractivity contribution is 0.0391. The van der Waals surface area contributed by atoms with Gasteiger partial charge in [-0.05, 0) is 36.6 Å². The Morgan fingerprint density at radius 3 is 2.64 bits per heavy atom. The van der Waals surface area contributed by atoms with Gasteiger partial charge in [-0.3, -0.25) is 14.6 Å². The molecule has 33 heavy (non-hydrogen) atoms. The minimum absolute atomic E-state index is 0. The first-order chi connectivity index (χ1) is 15.6. The standard InChI is InChI=1S/C23H27N3O4S2.ClH/c1-28-17-8-7-16(15-18(17)29-2)22(27)26(10-9-25-11-13-30-14-12-25)23-24-21-19(31-3)5-4-6-20(21)32-23;/h4-8,15H,9-14H2,1-3H3;1H. The second-order valence-corrected chi connectivity index (χ2v) is 9.14. The Bertz CT molecular complexity index is 1090. The van der Waals surface area contributed by atoms with Gasteiger partial charge in [-0.15, -0.1) is 24.2 Å². The van der Waals surface area contributed by atoms with Crippen LogP contribution in [-0.4, -0.2) is 75.7 Å². The number of amides is 1. The van der Waals surface area contributed by atoms with Crippen molar-refractivity contribution in [3.05, 3.63) is 42.0 Å². The van der Waals surface area contributed by atoms with Crippen LogP contribution >= 0.6 is 35.5 Å². The smallest absolute Gasteiger partial charge is 0.260 e. The molecule has 3 aromatic rings. The second-order valence-electron chi connectivity index (χ2n) is 7.28. The molecule has 1 amide bonds. The van der Waals surface area contributed by atoms with E-state index < -0.39 is 0 Å². The van der Waals surface area contributed by atoms with E-state index in [9.17, 15) is 4.79 Å². The van der Waals surface area contributed by atoms with E-state index in [-0.39, 0.29) is 18.3 Å². The number of methoxy groups -OCH3 is 2. The molecule has 0 saturated carbocycles. The third-order valence-electron chi connectivity index (χ3n) is 5.44. The van der Waals surface area contributed by atoms with Gasteiger partial charge in [-0.25, -0.2) is 4.98 Å². The van der Waals surface area contributed by atoms with E-state index in [0.29, 0.717) is 28.7 Å². The number of thioether (sulfide) groups is 1. The average Bonchev–Trinajstić information content (AvgIpc) is 3.28. The highest BCUT2D eigenvalue weighted by Crippen LogP contribution is 2.35. The Morgan fingerprint density at radius 1 is 1.18 bits per heavy atom. The fraction of sp³-hybridized carbons (Fsp3) is 0.391. The molecule has 4 rings (SSSR count). The summed E-state index contributed by atoms with van der Waals surface area (Å²) >= 11 is 3.21. The Balaban J connectivity index is 0.00000306. The summed E-state index contributed by atoms with van der Waals surface area (Å²) in [5.74, 6) is 1.01. The molecule has 1 saturated heterocycles. The van der Waals surface area contributed by atoms with Crippen LogP contribution in [0.1, 0.15) is 10.4 Å². The molecule has 0 radical (unpaired) electrons. The van der Waals surface area contributed by atoms with Crippen LogP contribution in [-0.2, 0) is 4.74 Å². The molecule has 178 valence electrons. The summed E-state index contributed by atoms with van der Waals surface area (Å²) in [5, 5.41) is 0.703. The molecule has 7 nitrogen and oxygen atoms in total. The summed E-state index contributed by atoms with van der Waals surface area (Å²) in [6.45, 7) is 4.49. The monoisotopic (exact) mass is 509 g/mol. The summed E-state index contributed by atoms with van der Waals surface area (Å²) in [4.78, 5) is 23.7. The van der Waals surface area contributed by atoms with Crippen LogP contribution in [0.15, 0.2) is 41.3 Å². The van der Waals surface area contributed by atoms with Gasteiger partial charge in [0.1, 0.15) is 0 Å². The highest BCUT2D eigenvalue weighted by molar-refractivity contribution is 7.98. The van der Waals surface area contributed by atoms with Crippen molar-refractivity contribution in [3.8, 4) is 11.5 Å². The van der Waals surface area contributed by atoms with Gasteiger partial charge in [-0.1, -0.05) is 17.4 Å². The van der Waals surface area contributed by atoms with Crippen molar-refractivity contribution in [2.45, 2.75) is 4.90 Å². The first-order valence-electron chi connectivity index (χ1n) is 10.4. The summed E-state index contributed by atoms with van der Waals surface area (Å²) in [6, 6.07) is 11.4. The largest absolute Gasteiger partial charge is 0.493 e. The van der Waals surface area contributed by atoms with Crippen molar-refractivity contribution < 1.29 is 19.0 Å². The van der Waals surface area contributed by atoms with Crippen LogP contribution in [0.3, 0.4) is 0 Å². The number of ether oxygens (including phenoxy) is 3. The fourth-order valence-electron chi connectivity index (χ4n) is 3.67. The number of hydrogen-bond acceptors (Lipinski definition) is 8. The lowest BCUT2D eigenvalue weighted by Gasteiger charge is -2.29. The number of nitrogens with zero attached hydrogens (tertiary/aromatic N) is 3. The molecule has 0 unspecified atom stereocenters. The molecule has 0 bridgehead atoms. The maximum atomic E-state index is 13.7. The molecule has 10 heteroatoms. The topological polar surface area (TPSA) is 64.1 Å². The molecule has 0 spiro atoms. The quantitative estimate of drug-likeness (QED) is 0.416. The lowest BCUT2D eigenvalue weighted by Crippen LogP contribution is -2.43. The predicted octanol–water partition coefficient (Wildman–Crippen LogP) is 4.44. The number of morpholine rings is 1. The Hall–Kier alpha value is -2.04. The van der Waals surface area contributed by atoms with Crippen molar-refractivity contribution in [1.29, 1.82) is 0 Å². The van der Waals surface area contributed by atoms with Crippen molar-refractivity contribution in [3.63, 3.8) is 0 Å². The van der Waals surface area contributed by atoms with Crippen LogP contribution in [0.25, 0.3) is 10.2 Å². The number of para-hydroxylation sites is 1. The zero-order valence-corrected chi connectivity index (χ0v) is 21.4. The minimum atomic E-state index is -0.107. The number of halogens is 1. The van der Waals surface area contributed by atoms with E-state index in [1.165, 1.54) is 0 Å². The van der Waals surface area contributed by atoms with Gasteiger partial charge < -0.3 is 14.2 Å². The van der Waals surface area contributed by atoms with Crippen molar-refractivity contribution in [1.82, 2.24) is 9.88 Å². The van der Waals surface area contributed by atoms with Gasteiger partial charge >= 0.3 is 0 Å². The zero-order chi connectivity index (χ0) is 22.5. The van der Waals surface area contributed by atoms with Crippen molar-refractivity contribution in [2.75, 3.05) is 64.8 Å². The maximum Gasteiger partial charge on any atom is 0.260 e. The Kier molecular flexibility index (Phi) is 9.22. The van der Waals surface area contributed by atoms with Gasteiger partial charge in [0.25, 0.3) is 5.91 Å². The Morgan fingerprint density at radius 2 is 1.94 bits per heavy atom. The molecule has 1 fully saturated rings. The molecule has 1 aliphatic rings. The van der Waals surface area contributed by atoms with Gasteiger partial charge in [0.2, 0.25) is 0 Å². The van der Waals surface area contributed by atoms with E-state index in [1.54, 1.807) is 60.4 Å².